The van der Waals surface area contributed by atoms with Crippen LogP contribution in [0.4, 0.5) is 0 Å². The molecule has 1 aliphatic carbocycles. The first-order valence-electron chi connectivity index (χ1n) is 9.88. The molecule has 3 atom stereocenters. The molecule has 0 aromatic carbocycles. The molecule has 2 bridgehead atoms. The van der Waals surface area contributed by atoms with Crippen molar-refractivity contribution in [1.29, 1.82) is 0 Å². The Morgan fingerprint density at radius 3 is 2.77 bits per heavy atom. The van der Waals surface area contributed by atoms with Crippen LogP contribution in [0.3, 0.4) is 0 Å². The zero-order valence-electron chi connectivity index (χ0n) is 16.2. The Morgan fingerprint density at radius 2 is 2.04 bits per heavy atom. The SMILES string of the molecule is CC1(C)CC2CC(C)(CN2C(=O)C2CCCN(C(=O)c3ccoc3)C2)C1. The fourth-order valence-electron chi connectivity index (χ4n) is 5.88. The van der Waals surface area contributed by atoms with E-state index in [9.17, 15) is 9.59 Å². The van der Waals surface area contributed by atoms with Crippen LogP contribution in [0.25, 0.3) is 0 Å². The molecule has 0 radical (unpaired) electrons. The van der Waals surface area contributed by atoms with Crippen molar-refractivity contribution in [2.45, 2.75) is 58.9 Å². The number of fused-ring (bicyclic) bond motifs is 2. The minimum absolute atomic E-state index is 0.0236. The molecule has 0 N–H and O–H groups in total. The highest BCUT2D eigenvalue weighted by atomic mass is 16.3. The number of furan rings is 1. The summed E-state index contributed by atoms with van der Waals surface area (Å²) >= 11 is 0. The van der Waals surface area contributed by atoms with Crippen molar-refractivity contribution >= 4 is 11.8 Å². The van der Waals surface area contributed by atoms with E-state index in [2.05, 4.69) is 25.7 Å². The molecule has 142 valence electrons. The van der Waals surface area contributed by atoms with Gasteiger partial charge in [-0.1, -0.05) is 20.8 Å². The third-order valence-corrected chi connectivity index (χ3v) is 6.52. The van der Waals surface area contributed by atoms with Crippen LogP contribution in [0.5, 0.6) is 0 Å². The number of hydrogen-bond donors (Lipinski definition) is 0. The highest BCUT2D eigenvalue weighted by Gasteiger charge is 2.51. The minimum atomic E-state index is -0.0642. The van der Waals surface area contributed by atoms with Gasteiger partial charge in [0.1, 0.15) is 6.26 Å². The number of likely N-dealkylation sites (tertiary alicyclic amines) is 2. The second-order valence-electron chi connectivity index (χ2n) is 9.78. The van der Waals surface area contributed by atoms with Gasteiger partial charge >= 0.3 is 0 Å². The predicted molar refractivity (Wildman–Crippen MR) is 98.6 cm³/mol. The van der Waals surface area contributed by atoms with Gasteiger partial charge in [0.05, 0.1) is 17.7 Å². The van der Waals surface area contributed by atoms with Gasteiger partial charge in [0.2, 0.25) is 5.91 Å². The molecule has 1 aromatic heterocycles. The van der Waals surface area contributed by atoms with Crippen molar-refractivity contribution < 1.29 is 14.0 Å². The summed E-state index contributed by atoms with van der Waals surface area (Å²) in [6.45, 7) is 9.14. The standard InChI is InChI=1S/C21H30N2O3/c1-20(2)9-17-10-21(3,13-20)14-23(17)19(25)15-5-4-7-22(11-15)18(24)16-6-8-26-12-16/h6,8,12,15,17H,4-5,7,9-11,13-14H2,1-3H3. The van der Waals surface area contributed by atoms with Crippen LogP contribution in [-0.2, 0) is 4.79 Å². The van der Waals surface area contributed by atoms with Gasteiger partial charge in [-0.3, -0.25) is 9.59 Å². The van der Waals surface area contributed by atoms with Crippen molar-refractivity contribution in [3.63, 3.8) is 0 Å². The zero-order valence-corrected chi connectivity index (χ0v) is 16.2. The third-order valence-electron chi connectivity index (χ3n) is 6.52. The van der Waals surface area contributed by atoms with Crippen LogP contribution in [-0.4, -0.2) is 47.3 Å². The Morgan fingerprint density at radius 1 is 1.23 bits per heavy atom. The van der Waals surface area contributed by atoms with Crippen molar-refractivity contribution in [1.82, 2.24) is 9.80 Å². The van der Waals surface area contributed by atoms with Crippen molar-refractivity contribution in [3.05, 3.63) is 24.2 Å². The average Bonchev–Trinajstić information content (AvgIpc) is 3.19. The molecule has 3 aliphatic rings. The van der Waals surface area contributed by atoms with E-state index in [1.54, 1.807) is 6.07 Å². The summed E-state index contributed by atoms with van der Waals surface area (Å²) < 4.78 is 5.04. The molecule has 2 saturated heterocycles. The lowest BCUT2D eigenvalue weighted by atomic mass is 9.65. The smallest absolute Gasteiger partial charge is 0.257 e. The van der Waals surface area contributed by atoms with Gasteiger partial charge in [0.25, 0.3) is 5.91 Å². The van der Waals surface area contributed by atoms with Crippen molar-refractivity contribution in [3.8, 4) is 0 Å². The molecule has 4 rings (SSSR count). The molecule has 1 saturated carbocycles. The molecule has 0 spiro atoms. The van der Waals surface area contributed by atoms with Crippen LogP contribution in [0.2, 0.25) is 0 Å². The Bertz CT molecular complexity index is 696. The molecule has 26 heavy (non-hydrogen) atoms. The number of carbonyl (C=O) groups excluding carboxylic acids is 2. The van der Waals surface area contributed by atoms with E-state index in [0.717, 1.165) is 38.8 Å². The maximum Gasteiger partial charge on any atom is 0.257 e. The van der Waals surface area contributed by atoms with Crippen LogP contribution < -0.4 is 0 Å². The van der Waals surface area contributed by atoms with Crippen LogP contribution in [0.15, 0.2) is 23.0 Å². The van der Waals surface area contributed by atoms with E-state index < -0.39 is 0 Å². The van der Waals surface area contributed by atoms with Crippen molar-refractivity contribution in [2.75, 3.05) is 19.6 Å². The number of piperidine rings is 1. The first-order chi connectivity index (χ1) is 12.3. The highest BCUT2D eigenvalue weighted by molar-refractivity contribution is 5.94. The summed E-state index contributed by atoms with van der Waals surface area (Å²) in [6, 6.07) is 2.07. The molecule has 5 heteroatoms. The molecular formula is C21H30N2O3. The van der Waals surface area contributed by atoms with Gasteiger partial charge in [-0.15, -0.1) is 0 Å². The molecular weight excluding hydrogens is 328 g/mol. The largest absolute Gasteiger partial charge is 0.472 e. The minimum Gasteiger partial charge on any atom is -0.472 e. The summed E-state index contributed by atoms with van der Waals surface area (Å²) in [7, 11) is 0. The molecule has 3 unspecified atom stereocenters. The molecule has 5 nitrogen and oxygen atoms in total. The van der Waals surface area contributed by atoms with E-state index in [1.165, 1.54) is 18.9 Å². The Hall–Kier alpha value is -1.78. The third kappa shape index (κ3) is 3.17. The number of hydrogen-bond acceptors (Lipinski definition) is 3. The molecule has 2 aliphatic heterocycles. The lowest BCUT2D eigenvalue weighted by Gasteiger charge is -2.40. The molecule has 3 heterocycles. The van der Waals surface area contributed by atoms with Crippen LogP contribution in [0, 0.1) is 16.7 Å². The number of carbonyl (C=O) groups is 2. The predicted octanol–water partition coefficient (Wildman–Crippen LogP) is 3.56. The quantitative estimate of drug-likeness (QED) is 0.812. The lowest BCUT2D eigenvalue weighted by molar-refractivity contribution is -0.138. The van der Waals surface area contributed by atoms with Gasteiger partial charge in [0.15, 0.2) is 0 Å². The first-order valence-corrected chi connectivity index (χ1v) is 9.88. The second-order valence-corrected chi connectivity index (χ2v) is 9.78. The monoisotopic (exact) mass is 358 g/mol. The molecule has 3 fully saturated rings. The average molecular weight is 358 g/mol. The topological polar surface area (TPSA) is 53.8 Å². The number of nitrogens with zero attached hydrogens (tertiary/aromatic N) is 2. The van der Waals surface area contributed by atoms with E-state index in [4.69, 9.17) is 4.42 Å². The van der Waals surface area contributed by atoms with Gasteiger partial charge in [0, 0.05) is 25.7 Å². The number of rotatable bonds is 2. The van der Waals surface area contributed by atoms with E-state index in [0.29, 0.717) is 23.6 Å². The summed E-state index contributed by atoms with van der Waals surface area (Å²) in [4.78, 5) is 29.9. The fourth-order valence-corrected chi connectivity index (χ4v) is 5.88. The van der Waals surface area contributed by atoms with Gasteiger partial charge < -0.3 is 14.2 Å². The summed E-state index contributed by atoms with van der Waals surface area (Å²) in [5, 5.41) is 0. The van der Waals surface area contributed by atoms with Crippen LogP contribution >= 0.6 is 0 Å². The maximum absolute atomic E-state index is 13.3. The van der Waals surface area contributed by atoms with Gasteiger partial charge in [-0.05, 0) is 49.0 Å². The number of amides is 2. The van der Waals surface area contributed by atoms with Gasteiger partial charge in [-0.25, -0.2) is 0 Å². The Labute approximate surface area is 155 Å². The lowest BCUT2D eigenvalue weighted by Crippen LogP contribution is -2.48. The van der Waals surface area contributed by atoms with E-state index in [-0.39, 0.29) is 23.1 Å². The van der Waals surface area contributed by atoms with Crippen molar-refractivity contribution in [2.24, 2.45) is 16.7 Å². The normalized spacial score (nSPS) is 33.3. The first kappa shape index (κ1) is 17.6. The fraction of sp³-hybridized carbons (Fsp3) is 0.714. The summed E-state index contributed by atoms with van der Waals surface area (Å²) in [5.74, 6) is 0.177. The summed E-state index contributed by atoms with van der Waals surface area (Å²) in [5.41, 5.74) is 1.13. The van der Waals surface area contributed by atoms with Gasteiger partial charge in [-0.2, -0.15) is 0 Å². The van der Waals surface area contributed by atoms with Crippen LogP contribution in [0.1, 0.15) is 63.2 Å². The molecule has 1 aromatic rings. The summed E-state index contributed by atoms with van der Waals surface area (Å²) in [6.07, 6.45) is 8.20. The molecule has 2 amide bonds. The van der Waals surface area contributed by atoms with E-state index >= 15 is 0 Å². The Kier molecular flexibility index (Phi) is 4.16. The zero-order chi connectivity index (χ0) is 18.5. The maximum atomic E-state index is 13.3. The highest BCUT2D eigenvalue weighted by Crippen LogP contribution is 2.52. The second kappa shape index (κ2) is 6.14. The Balaban J connectivity index is 1.46. The van der Waals surface area contributed by atoms with E-state index in [1.807, 2.05) is 4.90 Å².